The predicted molar refractivity (Wildman–Crippen MR) is 133 cm³/mol. The summed E-state index contributed by atoms with van der Waals surface area (Å²) in [6, 6.07) is 8.59. The molecule has 0 bridgehead atoms. The Labute approximate surface area is 215 Å². The summed E-state index contributed by atoms with van der Waals surface area (Å²) in [5, 5.41) is 9.38. The number of rotatable bonds is 7. The number of carbonyl (C=O) groups excluding carboxylic acids is 1. The monoisotopic (exact) mass is 531 g/mol. The molecule has 2 aliphatic heterocycles. The second kappa shape index (κ2) is 9.94. The number of ether oxygens (including phenoxy) is 1. The van der Waals surface area contributed by atoms with E-state index in [4.69, 9.17) is 4.74 Å². The molecule has 0 unspecified atom stereocenters. The van der Waals surface area contributed by atoms with Gasteiger partial charge in [-0.1, -0.05) is 18.2 Å². The molecular formula is C26H30FN3O6S. The number of amides is 2. The first kappa shape index (κ1) is 25.5. The molecule has 2 N–H and O–H groups in total. The van der Waals surface area contributed by atoms with Crippen molar-refractivity contribution in [2.24, 2.45) is 0 Å². The minimum atomic E-state index is -3.82. The molecule has 2 aromatic rings. The van der Waals surface area contributed by atoms with Crippen LogP contribution in [0, 0.1) is 5.82 Å². The van der Waals surface area contributed by atoms with E-state index in [1.165, 1.54) is 17.0 Å². The summed E-state index contributed by atoms with van der Waals surface area (Å²) in [6.45, 7) is 2.97. The number of hydrogen-bond acceptors (Lipinski definition) is 6. The summed E-state index contributed by atoms with van der Waals surface area (Å²) >= 11 is 0. The van der Waals surface area contributed by atoms with E-state index < -0.39 is 27.8 Å². The van der Waals surface area contributed by atoms with Crippen molar-refractivity contribution in [1.29, 1.82) is 0 Å². The summed E-state index contributed by atoms with van der Waals surface area (Å²) in [7, 11) is -3.82. The number of nitrogens with zero attached hydrogens (tertiary/aromatic N) is 2. The first-order chi connectivity index (χ1) is 17.6. The fourth-order valence-electron chi connectivity index (χ4n) is 5.23. The molecule has 0 spiro atoms. The molecule has 11 heteroatoms. The zero-order valence-corrected chi connectivity index (χ0v) is 21.4. The van der Waals surface area contributed by atoms with Gasteiger partial charge in [0.25, 0.3) is 5.91 Å². The van der Waals surface area contributed by atoms with Crippen molar-refractivity contribution >= 4 is 22.0 Å². The van der Waals surface area contributed by atoms with Crippen LogP contribution in [-0.2, 0) is 29.7 Å². The van der Waals surface area contributed by atoms with Crippen molar-refractivity contribution in [2.75, 3.05) is 19.3 Å². The number of hydrogen-bond donors (Lipinski definition) is 2. The van der Waals surface area contributed by atoms with E-state index >= 15 is 0 Å². The lowest BCUT2D eigenvalue weighted by atomic mass is 10.0. The van der Waals surface area contributed by atoms with Crippen LogP contribution in [-0.4, -0.2) is 60.8 Å². The van der Waals surface area contributed by atoms with Gasteiger partial charge in [-0.05, 0) is 66.5 Å². The molecule has 3 aliphatic rings. The fraction of sp³-hybridized carbons (Fsp3) is 0.462. The van der Waals surface area contributed by atoms with E-state index in [9.17, 15) is 27.5 Å². The Kier molecular flexibility index (Phi) is 6.84. The van der Waals surface area contributed by atoms with Gasteiger partial charge in [0.15, 0.2) is 0 Å². The zero-order chi connectivity index (χ0) is 26.3. The van der Waals surface area contributed by atoms with Gasteiger partial charge in [-0.25, -0.2) is 22.3 Å². The molecule has 2 heterocycles. The Bertz CT molecular complexity index is 1340. The highest BCUT2D eigenvalue weighted by molar-refractivity contribution is 7.89. The average molecular weight is 532 g/mol. The highest BCUT2D eigenvalue weighted by Crippen LogP contribution is 2.45. The number of carbonyl (C=O) groups is 2. The molecule has 37 heavy (non-hydrogen) atoms. The van der Waals surface area contributed by atoms with Gasteiger partial charge in [-0.3, -0.25) is 14.6 Å². The van der Waals surface area contributed by atoms with E-state index in [0.717, 1.165) is 60.7 Å². The van der Waals surface area contributed by atoms with E-state index in [2.05, 4.69) is 4.90 Å². The molecule has 1 aliphatic carbocycles. The van der Waals surface area contributed by atoms with Gasteiger partial charge >= 0.3 is 6.09 Å². The summed E-state index contributed by atoms with van der Waals surface area (Å²) in [5.74, 6) is -1.25. The standard InChI is InChI=1S/C26H30FN3O6S/c1-37(34,35)28-25(31)21-10-20(16-7-8-16)24(11-23(21)27)36-19-6-3-9-29(14-19)12-17-4-2-5-18-13-30(26(32)33)15-22(17)18/h2,4-5,10-11,16,19H,3,6-9,12-15H2,1H3,(H,28,31)(H,32,33)/t19-/m1/s1. The molecule has 9 nitrogen and oxygen atoms in total. The molecule has 1 atom stereocenters. The molecule has 0 aromatic heterocycles. The second-order valence-corrected chi connectivity index (χ2v) is 11.9. The van der Waals surface area contributed by atoms with Crippen LogP contribution in [0.1, 0.15) is 64.2 Å². The summed E-state index contributed by atoms with van der Waals surface area (Å²) in [5.41, 5.74) is 3.63. The largest absolute Gasteiger partial charge is 0.489 e. The number of benzene rings is 2. The summed E-state index contributed by atoms with van der Waals surface area (Å²) in [6.07, 6.45) is 3.26. The third-order valence-electron chi connectivity index (χ3n) is 7.14. The van der Waals surface area contributed by atoms with Crippen LogP contribution in [0.4, 0.5) is 9.18 Å². The third kappa shape index (κ3) is 5.88. The van der Waals surface area contributed by atoms with Gasteiger partial charge in [0.2, 0.25) is 10.0 Å². The predicted octanol–water partition coefficient (Wildman–Crippen LogP) is 3.43. The van der Waals surface area contributed by atoms with Gasteiger partial charge in [-0.15, -0.1) is 0 Å². The van der Waals surface area contributed by atoms with Crippen molar-refractivity contribution in [2.45, 2.75) is 57.3 Å². The van der Waals surface area contributed by atoms with Crippen LogP contribution >= 0.6 is 0 Å². The maximum absolute atomic E-state index is 14.9. The highest BCUT2D eigenvalue weighted by atomic mass is 32.2. The number of likely N-dealkylation sites (tertiary alicyclic amines) is 1. The SMILES string of the molecule is CS(=O)(=O)NC(=O)c1cc(C2CC2)c(O[C@@H]2CCCN(Cc3cccc4c3CN(C(=O)O)C4)C2)cc1F. The molecule has 2 aromatic carbocycles. The number of halogens is 1. The van der Waals surface area contributed by atoms with Gasteiger partial charge < -0.3 is 9.84 Å². The van der Waals surface area contributed by atoms with Gasteiger partial charge in [0.05, 0.1) is 18.4 Å². The number of fused-ring (bicyclic) bond motifs is 1. The van der Waals surface area contributed by atoms with E-state index in [-0.39, 0.29) is 17.6 Å². The number of carboxylic acid groups (broad SMARTS) is 1. The van der Waals surface area contributed by atoms with Gasteiger partial charge in [0, 0.05) is 25.7 Å². The van der Waals surface area contributed by atoms with Crippen LogP contribution in [0.2, 0.25) is 0 Å². The molecule has 1 saturated carbocycles. The van der Waals surface area contributed by atoms with E-state index in [1.54, 1.807) is 0 Å². The topological polar surface area (TPSA) is 116 Å². The van der Waals surface area contributed by atoms with Crippen LogP contribution in [0.5, 0.6) is 5.75 Å². The number of sulfonamides is 1. The molecule has 0 radical (unpaired) electrons. The normalized spacial score (nSPS) is 19.9. The quantitative estimate of drug-likeness (QED) is 0.562. The Morgan fingerprint density at radius 3 is 2.68 bits per heavy atom. The Hall–Kier alpha value is -3.18. The van der Waals surface area contributed by atoms with Crippen molar-refractivity contribution in [1.82, 2.24) is 14.5 Å². The third-order valence-corrected chi connectivity index (χ3v) is 7.70. The van der Waals surface area contributed by atoms with Crippen molar-refractivity contribution in [3.05, 3.63) is 64.0 Å². The fourth-order valence-corrected chi connectivity index (χ4v) is 5.68. The minimum absolute atomic E-state index is 0.157. The Morgan fingerprint density at radius 1 is 1.19 bits per heavy atom. The molecule has 198 valence electrons. The minimum Gasteiger partial charge on any atom is -0.489 e. The lowest BCUT2D eigenvalue weighted by Crippen LogP contribution is -2.41. The number of nitrogens with one attached hydrogen (secondary N) is 1. The zero-order valence-electron chi connectivity index (χ0n) is 20.6. The molecule has 2 amide bonds. The van der Waals surface area contributed by atoms with Crippen LogP contribution < -0.4 is 9.46 Å². The average Bonchev–Trinajstić information content (AvgIpc) is 3.55. The number of piperidine rings is 1. The molecular weight excluding hydrogens is 501 g/mol. The highest BCUT2D eigenvalue weighted by Gasteiger charge is 2.32. The smallest absolute Gasteiger partial charge is 0.407 e. The maximum atomic E-state index is 14.9. The summed E-state index contributed by atoms with van der Waals surface area (Å²) in [4.78, 5) is 27.4. The molecule has 1 saturated heterocycles. The van der Waals surface area contributed by atoms with Crippen LogP contribution in [0.25, 0.3) is 0 Å². The van der Waals surface area contributed by atoms with Crippen LogP contribution in [0.15, 0.2) is 30.3 Å². The van der Waals surface area contributed by atoms with Crippen molar-refractivity contribution in [3.63, 3.8) is 0 Å². The van der Waals surface area contributed by atoms with E-state index in [1.807, 2.05) is 22.9 Å². The Morgan fingerprint density at radius 2 is 1.97 bits per heavy atom. The summed E-state index contributed by atoms with van der Waals surface area (Å²) < 4.78 is 45.9. The van der Waals surface area contributed by atoms with Crippen LogP contribution in [0.3, 0.4) is 0 Å². The Balaban J connectivity index is 1.30. The van der Waals surface area contributed by atoms with Gasteiger partial charge in [0.1, 0.15) is 17.7 Å². The van der Waals surface area contributed by atoms with E-state index in [0.29, 0.717) is 31.9 Å². The lowest BCUT2D eigenvalue weighted by molar-refractivity contribution is 0.0830. The maximum Gasteiger partial charge on any atom is 0.407 e. The lowest BCUT2D eigenvalue weighted by Gasteiger charge is -2.33. The first-order valence-corrected chi connectivity index (χ1v) is 14.3. The molecule has 2 fully saturated rings. The molecule has 5 rings (SSSR count). The van der Waals surface area contributed by atoms with Crippen molar-refractivity contribution in [3.8, 4) is 5.75 Å². The second-order valence-electron chi connectivity index (χ2n) is 10.2. The van der Waals surface area contributed by atoms with Crippen molar-refractivity contribution < 1.29 is 32.2 Å². The first-order valence-electron chi connectivity index (χ1n) is 12.4. The van der Waals surface area contributed by atoms with Gasteiger partial charge in [-0.2, -0.15) is 0 Å².